The van der Waals surface area contributed by atoms with Crippen molar-refractivity contribution in [2.24, 2.45) is 5.92 Å². The highest BCUT2D eigenvalue weighted by atomic mass is 35.5. The topological polar surface area (TPSA) is 104 Å². The highest BCUT2D eigenvalue weighted by molar-refractivity contribution is 6.30. The number of hydrogen-bond donors (Lipinski definition) is 2. The number of carbonyl (C=O) groups excluding carboxylic acids is 3. The molecule has 2 aliphatic rings. The van der Waals surface area contributed by atoms with Crippen LogP contribution in [-0.4, -0.2) is 70.6 Å². The predicted molar refractivity (Wildman–Crippen MR) is 137 cm³/mol. The summed E-state index contributed by atoms with van der Waals surface area (Å²) in [4.78, 5) is 46.0. The van der Waals surface area contributed by atoms with Crippen molar-refractivity contribution in [1.29, 1.82) is 0 Å². The highest BCUT2D eigenvalue weighted by Crippen LogP contribution is 2.30. The van der Waals surface area contributed by atoms with Crippen molar-refractivity contribution in [2.75, 3.05) is 31.5 Å². The van der Waals surface area contributed by atoms with Crippen LogP contribution in [0.25, 0.3) is 0 Å². The number of halogens is 1. The second kappa shape index (κ2) is 10.7. The van der Waals surface area contributed by atoms with Crippen molar-refractivity contribution in [3.63, 3.8) is 0 Å². The lowest BCUT2D eigenvalue weighted by atomic mass is 9.87. The maximum Gasteiger partial charge on any atom is 0.410 e. The summed E-state index contributed by atoms with van der Waals surface area (Å²) in [6.45, 7) is 7.04. The van der Waals surface area contributed by atoms with Gasteiger partial charge in [0.05, 0.1) is 10.9 Å². The van der Waals surface area contributed by atoms with Crippen LogP contribution in [0.1, 0.15) is 38.8 Å². The van der Waals surface area contributed by atoms with Gasteiger partial charge >= 0.3 is 12.1 Å². The number of pyridine rings is 1. The number of hydrogen-bond acceptors (Lipinski definition) is 5. The minimum Gasteiger partial charge on any atom is -0.444 e. The fourth-order valence-electron chi connectivity index (χ4n) is 4.46. The lowest BCUT2D eigenvalue weighted by Gasteiger charge is -2.44. The minimum atomic E-state index is -0.577. The van der Waals surface area contributed by atoms with Gasteiger partial charge in [-0.3, -0.25) is 9.78 Å². The number of piperidine rings is 1. The molecule has 2 N–H and O–H groups in total. The van der Waals surface area contributed by atoms with Crippen molar-refractivity contribution in [3.8, 4) is 0 Å². The van der Waals surface area contributed by atoms with Gasteiger partial charge in [-0.15, -0.1) is 0 Å². The summed E-state index contributed by atoms with van der Waals surface area (Å²) in [5, 5.41) is 6.43. The second-order valence-electron chi connectivity index (χ2n) is 10.2. The van der Waals surface area contributed by atoms with Gasteiger partial charge in [0.2, 0.25) is 5.91 Å². The van der Waals surface area contributed by atoms with E-state index in [-0.39, 0.29) is 29.8 Å². The minimum absolute atomic E-state index is 0.000888. The van der Waals surface area contributed by atoms with Crippen LogP contribution in [0, 0.1) is 5.92 Å². The lowest BCUT2D eigenvalue weighted by Crippen LogP contribution is -2.59. The molecule has 192 valence electrons. The van der Waals surface area contributed by atoms with E-state index >= 15 is 0 Å². The Morgan fingerprint density at radius 3 is 2.39 bits per heavy atom. The van der Waals surface area contributed by atoms with Crippen LogP contribution in [-0.2, 0) is 9.53 Å². The smallest absolute Gasteiger partial charge is 0.410 e. The van der Waals surface area contributed by atoms with Gasteiger partial charge in [-0.1, -0.05) is 29.8 Å². The van der Waals surface area contributed by atoms with Crippen LogP contribution in [0.4, 0.5) is 15.3 Å². The summed E-state index contributed by atoms with van der Waals surface area (Å²) < 4.78 is 5.39. The summed E-state index contributed by atoms with van der Waals surface area (Å²) in [5.41, 5.74) is 0.876. The molecule has 2 aliphatic heterocycles. The standard InChI is InChI=1S/C26H32ClN5O4/c1-26(2,3)36-25(35)32-14-17(15-32)23(33)31-12-11-22(20(16-31)21-10-9-18(27)13-28-21)30-24(34)29-19-7-5-4-6-8-19/h4-10,13,17,20,22H,11-12,14-16H2,1-3H3,(H2,29,30,34)/t20-,22+/m0/s1. The summed E-state index contributed by atoms with van der Waals surface area (Å²) >= 11 is 6.04. The van der Waals surface area contributed by atoms with Gasteiger partial charge in [-0.25, -0.2) is 9.59 Å². The van der Waals surface area contributed by atoms with E-state index in [1.165, 1.54) is 0 Å². The SMILES string of the molecule is CC(C)(C)OC(=O)N1CC(C(=O)N2CC[C@@H](NC(=O)Nc3ccccc3)[C@H](c3ccc(Cl)cn3)C2)C1. The molecule has 0 bridgehead atoms. The van der Waals surface area contributed by atoms with E-state index in [0.29, 0.717) is 43.3 Å². The average molecular weight is 514 g/mol. The normalized spacial score (nSPS) is 20.3. The molecule has 10 heteroatoms. The van der Waals surface area contributed by atoms with E-state index in [9.17, 15) is 14.4 Å². The quantitative estimate of drug-likeness (QED) is 0.640. The van der Waals surface area contributed by atoms with Crippen LogP contribution in [0.15, 0.2) is 48.7 Å². The summed E-state index contributed by atoms with van der Waals surface area (Å²) in [7, 11) is 0. The number of nitrogens with zero attached hydrogens (tertiary/aromatic N) is 3. The molecule has 3 heterocycles. The first-order valence-electron chi connectivity index (χ1n) is 12.1. The number of likely N-dealkylation sites (tertiary alicyclic amines) is 2. The number of anilines is 1. The van der Waals surface area contributed by atoms with Crippen LogP contribution in [0.3, 0.4) is 0 Å². The molecule has 0 unspecified atom stereocenters. The molecule has 0 radical (unpaired) electrons. The van der Waals surface area contributed by atoms with E-state index < -0.39 is 11.7 Å². The predicted octanol–water partition coefficient (Wildman–Crippen LogP) is 4.11. The first kappa shape index (κ1) is 25.8. The van der Waals surface area contributed by atoms with Gasteiger partial charge in [-0.05, 0) is 51.5 Å². The molecule has 2 fully saturated rings. The zero-order chi connectivity index (χ0) is 25.9. The van der Waals surface area contributed by atoms with E-state index in [4.69, 9.17) is 16.3 Å². The number of amides is 4. The maximum atomic E-state index is 13.2. The molecule has 1 aromatic heterocycles. The Morgan fingerprint density at radius 2 is 1.75 bits per heavy atom. The molecule has 4 rings (SSSR count). The molecular formula is C26H32ClN5O4. The van der Waals surface area contributed by atoms with E-state index in [1.807, 2.05) is 62.1 Å². The van der Waals surface area contributed by atoms with Crippen LogP contribution in [0.5, 0.6) is 0 Å². The van der Waals surface area contributed by atoms with Crippen molar-refractivity contribution in [1.82, 2.24) is 20.1 Å². The Hall–Kier alpha value is -3.33. The van der Waals surface area contributed by atoms with E-state index in [0.717, 1.165) is 5.69 Å². The number of urea groups is 1. The fourth-order valence-corrected chi connectivity index (χ4v) is 4.57. The van der Waals surface area contributed by atoms with Gasteiger partial charge in [0.15, 0.2) is 0 Å². The Balaban J connectivity index is 1.40. The maximum absolute atomic E-state index is 13.2. The molecule has 0 spiro atoms. The van der Waals surface area contributed by atoms with Gasteiger partial charge in [0.25, 0.3) is 0 Å². The van der Waals surface area contributed by atoms with Crippen LogP contribution in [0.2, 0.25) is 5.02 Å². The van der Waals surface area contributed by atoms with Gasteiger partial charge in [0, 0.05) is 55.7 Å². The van der Waals surface area contributed by atoms with E-state index in [1.54, 1.807) is 17.2 Å². The number of aromatic nitrogens is 1. The highest BCUT2D eigenvalue weighted by Gasteiger charge is 2.42. The van der Waals surface area contributed by atoms with Crippen molar-refractivity contribution in [2.45, 2.75) is 44.8 Å². The molecule has 9 nitrogen and oxygen atoms in total. The third-order valence-electron chi connectivity index (χ3n) is 6.29. The number of rotatable bonds is 4. The molecule has 2 atom stereocenters. The Labute approximate surface area is 216 Å². The molecule has 0 aliphatic carbocycles. The summed E-state index contributed by atoms with van der Waals surface area (Å²) in [5.74, 6) is -0.466. The molecule has 36 heavy (non-hydrogen) atoms. The fraction of sp³-hybridized carbons (Fsp3) is 0.462. The lowest BCUT2D eigenvalue weighted by molar-refractivity contribution is -0.142. The van der Waals surface area contributed by atoms with Gasteiger partial charge in [0.1, 0.15) is 5.60 Å². The average Bonchev–Trinajstić information content (AvgIpc) is 2.78. The molecular weight excluding hydrogens is 482 g/mol. The zero-order valence-electron chi connectivity index (χ0n) is 20.7. The first-order chi connectivity index (χ1) is 17.1. The molecule has 2 aromatic rings. The van der Waals surface area contributed by atoms with E-state index in [2.05, 4.69) is 15.6 Å². The Morgan fingerprint density at radius 1 is 1.03 bits per heavy atom. The zero-order valence-corrected chi connectivity index (χ0v) is 21.5. The second-order valence-corrected chi connectivity index (χ2v) is 10.7. The molecule has 0 saturated carbocycles. The van der Waals surface area contributed by atoms with Crippen molar-refractivity contribution < 1.29 is 19.1 Å². The molecule has 1 aromatic carbocycles. The number of nitrogens with one attached hydrogen (secondary N) is 2. The van der Waals surface area contributed by atoms with Crippen molar-refractivity contribution in [3.05, 3.63) is 59.4 Å². The monoisotopic (exact) mass is 513 g/mol. The largest absolute Gasteiger partial charge is 0.444 e. The number of benzene rings is 1. The third kappa shape index (κ3) is 6.46. The van der Waals surface area contributed by atoms with Gasteiger partial charge in [-0.2, -0.15) is 0 Å². The number of carbonyl (C=O) groups is 3. The van der Waals surface area contributed by atoms with Gasteiger partial charge < -0.3 is 25.2 Å². The molecule has 4 amide bonds. The van der Waals surface area contributed by atoms with Crippen LogP contribution < -0.4 is 10.6 Å². The van der Waals surface area contributed by atoms with Crippen LogP contribution >= 0.6 is 11.6 Å². The number of ether oxygens (including phenoxy) is 1. The summed E-state index contributed by atoms with van der Waals surface area (Å²) in [6, 6.07) is 12.3. The Kier molecular flexibility index (Phi) is 7.68. The molecule has 2 saturated heterocycles. The summed E-state index contributed by atoms with van der Waals surface area (Å²) in [6.07, 6.45) is 1.75. The third-order valence-corrected chi connectivity index (χ3v) is 6.51. The first-order valence-corrected chi connectivity index (χ1v) is 12.5. The Bertz CT molecular complexity index is 1080. The van der Waals surface area contributed by atoms with Crippen molar-refractivity contribution >= 4 is 35.3 Å². The number of para-hydroxylation sites is 1.